The second-order valence-electron chi connectivity index (χ2n) is 4.24. The molecule has 2 amide bonds. The van der Waals surface area contributed by atoms with Crippen LogP contribution in [0.3, 0.4) is 0 Å². The Morgan fingerprint density at radius 3 is 2.50 bits per heavy atom. The maximum Gasteiger partial charge on any atom is 0.408 e. The summed E-state index contributed by atoms with van der Waals surface area (Å²) >= 11 is 0. The zero-order valence-corrected chi connectivity index (χ0v) is 12.1. The molecule has 8 heteroatoms. The van der Waals surface area contributed by atoms with E-state index in [2.05, 4.69) is 15.4 Å². The molecule has 0 bridgehead atoms. The number of methoxy groups -OCH3 is 1. The van der Waals surface area contributed by atoms with Crippen molar-refractivity contribution in [2.24, 2.45) is 0 Å². The van der Waals surface area contributed by atoms with Crippen molar-refractivity contribution in [1.82, 2.24) is 10.6 Å². The van der Waals surface area contributed by atoms with Crippen LogP contribution in [0.25, 0.3) is 0 Å². The lowest BCUT2D eigenvalue weighted by Crippen LogP contribution is -2.50. The number of nitrogens with one attached hydrogen (secondary N) is 2. The lowest BCUT2D eigenvalue weighted by Gasteiger charge is -2.15. The minimum absolute atomic E-state index is 0.0363. The molecule has 22 heavy (non-hydrogen) atoms. The summed E-state index contributed by atoms with van der Waals surface area (Å²) in [4.78, 5) is 34.1. The van der Waals surface area contributed by atoms with Gasteiger partial charge in [-0.15, -0.1) is 0 Å². The molecule has 0 heterocycles. The van der Waals surface area contributed by atoms with Crippen molar-refractivity contribution in [3.8, 4) is 0 Å². The Labute approximate surface area is 127 Å². The molecule has 1 rings (SSSR count). The predicted molar refractivity (Wildman–Crippen MR) is 75.7 cm³/mol. The van der Waals surface area contributed by atoms with Crippen LogP contribution in [-0.2, 0) is 25.7 Å². The maximum absolute atomic E-state index is 11.7. The van der Waals surface area contributed by atoms with Crippen LogP contribution >= 0.6 is 0 Å². The SMILES string of the molecule is COC(=O)CNC(=O)C(CO)NC(=O)OCc1ccccc1. The molecule has 1 atom stereocenters. The Kier molecular flexibility index (Phi) is 7.41. The molecule has 1 unspecified atom stereocenters. The normalized spacial score (nSPS) is 11.2. The van der Waals surface area contributed by atoms with Crippen LogP contribution in [0.4, 0.5) is 4.79 Å². The van der Waals surface area contributed by atoms with Gasteiger partial charge in [0.15, 0.2) is 0 Å². The Balaban J connectivity index is 2.39. The summed E-state index contributed by atoms with van der Waals surface area (Å²) < 4.78 is 9.28. The van der Waals surface area contributed by atoms with E-state index >= 15 is 0 Å². The lowest BCUT2D eigenvalue weighted by molar-refractivity contribution is -0.141. The van der Waals surface area contributed by atoms with Gasteiger partial charge in [0.25, 0.3) is 0 Å². The fourth-order valence-corrected chi connectivity index (χ4v) is 1.46. The third-order valence-corrected chi connectivity index (χ3v) is 2.64. The molecule has 0 aliphatic heterocycles. The number of hydrogen-bond donors (Lipinski definition) is 3. The minimum atomic E-state index is -1.21. The number of ether oxygens (including phenoxy) is 2. The van der Waals surface area contributed by atoms with E-state index in [0.29, 0.717) is 0 Å². The average molecular weight is 310 g/mol. The molecule has 3 N–H and O–H groups in total. The van der Waals surface area contributed by atoms with Crippen LogP contribution in [0.15, 0.2) is 30.3 Å². The van der Waals surface area contributed by atoms with Gasteiger partial charge in [-0.25, -0.2) is 4.79 Å². The molecule has 120 valence electrons. The highest BCUT2D eigenvalue weighted by Gasteiger charge is 2.21. The van der Waals surface area contributed by atoms with E-state index in [1.165, 1.54) is 7.11 Å². The van der Waals surface area contributed by atoms with Crippen molar-refractivity contribution in [3.05, 3.63) is 35.9 Å². The van der Waals surface area contributed by atoms with E-state index in [4.69, 9.17) is 9.84 Å². The summed E-state index contributed by atoms with van der Waals surface area (Å²) in [6.07, 6.45) is -0.851. The third kappa shape index (κ3) is 6.23. The van der Waals surface area contributed by atoms with Gasteiger partial charge in [0.2, 0.25) is 5.91 Å². The number of benzene rings is 1. The van der Waals surface area contributed by atoms with Crippen molar-refractivity contribution in [3.63, 3.8) is 0 Å². The molecular formula is C14H18N2O6. The summed E-state index contributed by atoms with van der Waals surface area (Å²) in [5.74, 6) is -1.36. The topological polar surface area (TPSA) is 114 Å². The highest BCUT2D eigenvalue weighted by Crippen LogP contribution is 2.00. The molecular weight excluding hydrogens is 292 g/mol. The first kappa shape index (κ1) is 17.4. The fraction of sp³-hybridized carbons (Fsp3) is 0.357. The Morgan fingerprint density at radius 1 is 1.23 bits per heavy atom. The number of esters is 1. The van der Waals surface area contributed by atoms with Gasteiger partial charge in [-0.2, -0.15) is 0 Å². The van der Waals surface area contributed by atoms with E-state index in [9.17, 15) is 14.4 Å². The number of alkyl carbamates (subject to hydrolysis) is 1. The Hall–Kier alpha value is -2.61. The molecule has 1 aromatic carbocycles. The van der Waals surface area contributed by atoms with Gasteiger partial charge in [-0.05, 0) is 5.56 Å². The Bertz CT molecular complexity index is 505. The molecule has 1 aromatic rings. The summed E-state index contributed by atoms with van der Waals surface area (Å²) in [6, 6.07) is 7.77. The number of amides is 2. The first-order valence-corrected chi connectivity index (χ1v) is 6.49. The summed E-state index contributed by atoms with van der Waals surface area (Å²) in [5, 5.41) is 13.5. The average Bonchev–Trinajstić information content (AvgIpc) is 2.56. The molecule has 8 nitrogen and oxygen atoms in total. The maximum atomic E-state index is 11.7. The first-order valence-electron chi connectivity index (χ1n) is 6.49. The van der Waals surface area contributed by atoms with Crippen LogP contribution in [0.1, 0.15) is 5.56 Å². The summed E-state index contributed by atoms with van der Waals surface area (Å²) in [5.41, 5.74) is 0.786. The van der Waals surface area contributed by atoms with E-state index in [-0.39, 0.29) is 13.2 Å². The molecule has 0 aliphatic rings. The summed E-state index contributed by atoms with van der Waals surface area (Å²) in [6.45, 7) is -0.950. The van der Waals surface area contributed by atoms with Gasteiger partial charge >= 0.3 is 12.1 Å². The van der Waals surface area contributed by atoms with Gasteiger partial charge in [0.05, 0.1) is 13.7 Å². The predicted octanol–water partition coefficient (Wildman–Crippen LogP) is -0.437. The molecule has 0 spiro atoms. The monoisotopic (exact) mass is 310 g/mol. The van der Waals surface area contributed by atoms with Crippen molar-refractivity contribution in [1.29, 1.82) is 0 Å². The zero-order valence-electron chi connectivity index (χ0n) is 12.1. The Morgan fingerprint density at radius 2 is 1.91 bits per heavy atom. The van der Waals surface area contributed by atoms with Crippen molar-refractivity contribution in [2.75, 3.05) is 20.3 Å². The van der Waals surface area contributed by atoms with Crippen molar-refractivity contribution < 1.29 is 29.0 Å². The van der Waals surface area contributed by atoms with Crippen LogP contribution < -0.4 is 10.6 Å². The van der Waals surface area contributed by atoms with Crippen LogP contribution in [0, 0.1) is 0 Å². The minimum Gasteiger partial charge on any atom is -0.468 e. The van der Waals surface area contributed by atoms with Gasteiger partial charge in [0, 0.05) is 0 Å². The smallest absolute Gasteiger partial charge is 0.408 e. The zero-order chi connectivity index (χ0) is 16.4. The molecule has 0 aromatic heterocycles. The first-order chi connectivity index (χ1) is 10.6. The third-order valence-electron chi connectivity index (χ3n) is 2.64. The van der Waals surface area contributed by atoms with E-state index < -0.39 is 30.6 Å². The lowest BCUT2D eigenvalue weighted by atomic mass is 10.2. The molecule has 0 fully saturated rings. The van der Waals surface area contributed by atoms with Gasteiger partial charge in [-0.1, -0.05) is 30.3 Å². The number of carbonyl (C=O) groups excluding carboxylic acids is 3. The van der Waals surface area contributed by atoms with E-state index in [1.54, 1.807) is 24.3 Å². The van der Waals surface area contributed by atoms with E-state index in [1.807, 2.05) is 6.07 Å². The molecule has 0 saturated heterocycles. The van der Waals surface area contributed by atoms with Gasteiger partial charge in [-0.3, -0.25) is 9.59 Å². The van der Waals surface area contributed by atoms with Gasteiger partial charge in [0.1, 0.15) is 19.2 Å². The summed E-state index contributed by atoms with van der Waals surface area (Å²) in [7, 11) is 1.18. The molecule has 0 radical (unpaired) electrons. The van der Waals surface area contributed by atoms with E-state index in [0.717, 1.165) is 5.56 Å². The van der Waals surface area contributed by atoms with Crippen molar-refractivity contribution in [2.45, 2.75) is 12.6 Å². The van der Waals surface area contributed by atoms with Crippen LogP contribution in [-0.4, -0.2) is 49.4 Å². The van der Waals surface area contributed by atoms with Gasteiger partial charge < -0.3 is 25.2 Å². The number of aliphatic hydroxyl groups excluding tert-OH is 1. The fourth-order valence-electron chi connectivity index (χ4n) is 1.46. The number of hydrogen-bond acceptors (Lipinski definition) is 6. The number of rotatable bonds is 7. The van der Waals surface area contributed by atoms with Crippen LogP contribution in [0.2, 0.25) is 0 Å². The highest BCUT2D eigenvalue weighted by molar-refractivity contribution is 5.88. The van der Waals surface area contributed by atoms with Crippen molar-refractivity contribution >= 4 is 18.0 Å². The second kappa shape index (κ2) is 9.35. The standard InChI is InChI=1S/C14H18N2O6/c1-21-12(18)7-15-13(19)11(8-17)16-14(20)22-9-10-5-3-2-4-6-10/h2-6,11,17H,7-9H2,1H3,(H,15,19)(H,16,20). The largest absolute Gasteiger partial charge is 0.468 e. The molecule has 0 saturated carbocycles. The molecule has 0 aliphatic carbocycles. The number of carbonyl (C=O) groups is 3. The quantitative estimate of drug-likeness (QED) is 0.589. The highest BCUT2D eigenvalue weighted by atomic mass is 16.5. The van der Waals surface area contributed by atoms with Crippen LogP contribution in [0.5, 0.6) is 0 Å². The number of aliphatic hydroxyl groups is 1. The second-order valence-corrected chi connectivity index (χ2v) is 4.24.